The normalized spacial score (nSPS) is 16.3. The van der Waals surface area contributed by atoms with Crippen molar-refractivity contribution in [1.82, 2.24) is 0 Å². The van der Waals surface area contributed by atoms with Crippen LogP contribution in [0.5, 0.6) is 0 Å². The number of thioether (sulfide) groups is 1. The number of carbonyl (C=O) groups is 1. The first kappa shape index (κ1) is 22.2. The van der Waals surface area contributed by atoms with Crippen LogP contribution < -0.4 is 0 Å². The summed E-state index contributed by atoms with van der Waals surface area (Å²) < 4.78 is 11.2. The highest BCUT2D eigenvalue weighted by Gasteiger charge is 2.38. The van der Waals surface area contributed by atoms with Crippen LogP contribution in [-0.2, 0) is 14.3 Å². The molecule has 1 atom stereocenters. The average molecular weight is 437 g/mol. The van der Waals surface area contributed by atoms with Crippen LogP contribution in [0.2, 0.25) is 10.0 Å². The highest BCUT2D eigenvalue weighted by atomic mass is 35.5. The molecule has 2 rings (SSSR count). The van der Waals surface area contributed by atoms with E-state index in [0.717, 1.165) is 18.2 Å². The number of allylic oxidation sites excluding steroid dienone is 2. The van der Waals surface area contributed by atoms with Gasteiger partial charge >= 0.3 is 5.97 Å². The van der Waals surface area contributed by atoms with E-state index in [1.165, 1.54) is 0 Å². The molecular weight excluding hydrogens is 419 g/mol. The number of benzene rings is 1. The lowest BCUT2D eigenvalue weighted by molar-refractivity contribution is -0.139. The van der Waals surface area contributed by atoms with Gasteiger partial charge in [0.05, 0.1) is 45.5 Å². The van der Waals surface area contributed by atoms with Crippen molar-refractivity contribution in [2.24, 2.45) is 0 Å². The molecule has 8 heteroatoms. The molecule has 0 N–H and O–H groups in total. The molecule has 0 aromatic heterocycles. The fourth-order valence-corrected chi connectivity index (χ4v) is 3.82. The van der Waals surface area contributed by atoms with Gasteiger partial charge in [0.25, 0.3) is 0 Å². The third-order valence-electron chi connectivity index (χ3n) is 3.95. The van der Waals surface area contributed by atoms with Gasteiger partial charge in [-0.3, -0.25) is 0 Å². The zero-order chi connectivity index (χ0) is 20.7. The van der Waals surface area contributed by atoms with Crippen molar-refractivity contribution < 1.29 is 14.3 Å². The maximum atomic E-state index is 12.8. The Hall–Kier alpha value is -2.12. The monoisotopic (exact) mass is 436 g/mol. The van der Waals surface area contributed by atoms with Gasteiger partial charge in [-0.25, -0.2) is 4.79 Å². The van der Waals surface area contributed by atoms with Crippen LogP contribution in [0.3, 0.4) is 0 Å². The number of nitriles is 2. The molecule has 1 heterocycles. The number of nitrogens with zero attached hydrogens (tertiary/aromatic N) is 2. The smallest absolute Gasteiger partial charge is 0.338 e. The average Bonchev–Trinajstić information content (AvgIpc) is 2.68. The molecule has 1 aromatic carbocycles. The zero-order valence-corrected chi connectivity index (χ0v) is 17.7. The summed E-state index contributed by atoms with van der Waals surface area (Å²) in [5.41, 5.74) is 1.14. The van der Waals surface area contributed by atoms with E-state index in [1.54, 1.807) is 25.1 Å². The van der Waals surface area contributed by atoms with Gasteiger partial charge in [0, 0.05) is 6.42 Å². The molecule has 5 nitrogen and oxygen atoms in total. The van der Waals surface area contributed by atoms with Crippen LogP contribution in [0.1, 0.15) is 38.2 Å². The van der Waals surface area contributed by atoms with E-state index >= 15 is 0 Å². The number of hydrogen-bond acceptors (Lipinski definition) is 6. The van der Waals surface area contributed by atoms with E-state index in [4.69, 9.17) is 37.9 Å². The number of ether oxygens (including phenoxy) is 2. The van der Waals surface area contributed by atoms with E-state index in [1.807, 2.05) is 13.0 Å². The molecule has 0 fully saturated rings. The van der Waals surface area contributed by atoms with E-state index in [9.17, 15) is 10.1 Å². The molecule has 28 heavy (non-hydrogen) atoms. The van der Waals surface area contributed by atoms with Crippen molar-refractivity contribution in [2.75, 3.05) is 12.4 Å². The van der Waals surface area contributed by atoms with Crippen LogP contribution in [0.4, 0.5) is 0 Å². The highest BCUT2D eigenvalue weighted by Crippen LogP contribution is 2.45. The molecule has 0 spiro atoms. The lowest BCUT2D eigenvalue weighted by Crippen LogP contribution is -2.23. The Morgan fingerprint density at radius 3 is 2.61 bits per heavy atom. The zero-order valence-electron chi connectivity index (χ0n) is 15.4. The van der Waals surface area contributed by atoms with Crippen molar-refractivity contribution in [1.29, 1.82) is 10.5 Å². The summed E-state index contributed by atoms with van der Waals surface area (Å²) in [6, 6.07) is 9.14. The van der Waals surface area contributed by atoms with Crippen molar-refractivity contribution in [3.05, 3.63) is 55.8 Å². The number of rotatable bonds is 7. The molecule has 0 saturated heterocycles. The fourth-order valence-electron chi connectivity index (χ4n) is 2.84. The third kappa shape index (κ3) is 4.83. The van der Waals surface area contributed by atoms with E-state index in [0.29, 0.717) is 32.9 Å². The lowest BCUT2D eigenvalue weighted by Gasteiger charge is -2.29. The Balaban J connectivity index is 2.72. The molecule has 146 valence electrons. The summed E-state index contributed by atoms with van der Waals surface area (Å²) in [4.78, 5) is 12.8. The first-order valence-electron chi connectivity index (χ1n) is 8.65. The topological polar surface area (TPSA) is 83.1 Å². The minimum absolute atomic E-state index is 0.114. The van der Waals surface area contributed by atoms with Gasteiger partial charge in [-0.1, -0.05) is 48.0 Å². The van der Waals surface area contributed by atoms with Crippen LogP contribution in [0, 0.1) is 22.7 Å². The Kier molecular flexibility index (Phi) is 8.26. The van der Waals surface area contributed by atoms with Crippen LogP contribution in [0.25, 0.3) is 0 Å². The molecule has 1 aromatic rings. The molecular formula is C20H18Cl2N2O3S. The summed E-state index contributed by atoms with van der Waals surface area (Å²) in [6.07, 6.45) is 1.21. The predicted molar refractivity (Wildman–Crippen MR) is 110 cm³/mol. The predicted octanol–water partition coefficient (Wildman–Crippen LogP) is 5.72. The van der Waals surface area contributed by atoms with Crippen molar-refractivity contribution in [3.63, 3.8) is 0 Å². The van der Waals surface area contributed by atoms with Crippen molar-refractivity contribution >= 4 is 40.9 Å². The number of carbonyl (C=O) groups excluding carboxylic acids is 1. The highest BCUT2D eigenvalue weighted by molar-refractivity contribution is 8.03. The lowest BCUT2D eigenvalue weighted by atomic mass is 9.83. The van der Waals surface area contributed by atoms with Crippen LogP contribution >= 0.6 is 35.0 Å². The van der Waals surface area contributed by atoms with Gasteiger partial charge in [-0.15, -0.1) is 0 Å². The first-order valence-corrected chi connectivity index (χ1v) is 10.4. The maximum absolute atomic E-state index is 12.8. The minimum atomic E-state index is -0.713. The third-order valence-corrected chi connectivity index (χ3v) is 5.53. The second-order valence-electron chi connectivity index (χ2n) is 5.78. The van der Waals surface area contributed by atoms with Gasteiger partial charge in [0.1, 0.15) is 11.8 Å². The summed E-state index contributed by atoms with van der Waals surface area (Å²) in [5.74, 6) is -0.700. The molecule has 1 aliphatic heterocycles. The Morgan fingerprint density at radius 2 is 2.04 bits per heavy atom. The molecule has 0 aliphatic carbocycles. The van der Waals surface area contributed by atoms with Gasteiger partial charge < -0.3 is 9.47 Å². The molecule has 0 unspecified atom stereocenters. The molecule has 0 saturated carbocycles. The van der Waals surface area contributed by atoms with Gasteiger partial charge in [0.2, 0.25) is 0 Å². The summed E-state index contributed by atoms with van der Waals surface area (Å²) in [7, 11) is 0. The van der Waals surface area contributed by atoms with E-state index in [2.05, 4.69) is 6.07 Å². The summed E-state index contributed by atoms with van der Waals surface area (Å²) >= 11 is 13.3. The largest absolute Gasteiger partial charge is 0.463 e. The Labute approximate surface area is 178 Å². The molecule has 0 bridgehead atoms. The Bertz CT molecular complexity index is 913. The van der Waals surface area contributed by atoms with Crippen LogP contribution in [-0.4, -0.2) is 18.3 Å². The van der Waals surface area contributed by atoms with Gasteiger partial charge in [-0.2, -0.15) is 10.5 Å². The summed E-state index contributed by atoms with van der Waals surface area (Å²) in [6.45, 7) is 3.86. The van der Waals surface area contributed by atoms with E-state index < -0.39 is 11.9 Å². The SMILES string of the molecule is CCCC1=C(C(=O)OCC)[C@@H](c2ccc(Cl)c(Cl)c2)C(C#N)=C(SCC#N)O1. The number of esters is 1. The standard InChI is InChI=1S/C20H18Cl2N2O3S/c1-3-5-16-18(19(25)26-4-2)17(12-6-7-14(21)15(22)10-12)13(11-24)20(27-16)28-9-8-23/h6-7,10,17H,3-5,9H2,1-2H3/t17-/m0/s1. The Morgan fingerprint density at radius 1 is 1.29 bits per heavy atom. The molecule has 0 radical (unpaired) electrons. The maximum Gasteiger partial charge on any atom is 0.338 e. The van der Waals surface area contributed by atoms with Crippen LogP contribution in [0.15, 0.2) is 40.2 Å². The minimum Gasteiger partial charge on any atom is -0.463 e. The van der Waals surface area contributed by atoms with Gasteiger partial charge in [0.15, 0.2) is 5.09 Å². The van der Waals surface area contributed by atoms with Crippen molar-refractivity contribution in [3.8, 4) is 12.1 Å². The van der Waals surface area contributed by atoms with Gasteiger partial charge in [-0.05, 0) is 31.0 Å². The fraction of sp³-hybridized carbons (Fsp3) is 0.350. The number of halogens is 2. The second kappa shape index (κ2) is 10.4. The number of hydrogen-bond donors (Lipinski definition) is 0. The molecule has 0 amide bonds. The molecule has 1 aliphatic rings. The summed E-state index contributed by atoms with van der Waals surface area (Å²) in [5, 5.41) is 19.8. The van der Waals surface area contributed by atoms with E-state index in [-0.39, 0.29) is 23.5 Å². The quantitative estimate of drug-likeness (QED) is 0.508. The van der Waals surface area contributed by atoms with Crippen molar-refractivity contribution in [2.45, 2.75) is 32.6 Å². The second-order valence-corrected chi connectivity index (χ2v) is 7.54. The first-order chi connectivity index (χ1) is 13.5.